The van der Waals surface area contributed by atoms with E-state index in [1.54, 1.807) is 24.3 Å². The Labute approximate surface area is 119 Å². The molecule has 0 fully saturated rings. The fourth-order valence-corrected chi connectivity index (χ4v) is 1.88. The number of nitrogens with two attached hydrogens (primary N) is 1. The van der Waals surface area contributed by atoms with Crippen molar-refractivity contribution < 1.29 is 8.78 Å². The maximum Gasteiger partial charge on any atom is 0.182 e. The second-order valence-electron chi connectivity index (χ2n) is 3.76. The van der Waals surface area contributed by atoms with Crippen molar-refractivity contribution in [2.45, 2.75) is 0 Å². The molecule has 0 aliphatic rings. The summed E-state index contributed by atoms with van der Waals surface area (Å²) in [4.78, 5) is -0.194. The fraction of sp³-hybridized carbons (Fsp3) is 0. The molecule has 2 aromatic rings. The summed E-state index contributed by atoms with van der Waals surface area (Å²) in [6, 6.07) is 9.44. The molecular formula is C13H9ClF2N2S. The zero-order valence-corrected chi connectivity index (χ0v) is 11.2. The Morgan fingerprint density at radius 1 is 1.05 bits per heavy atom. The minimum atomic E-state index is -1.08. The molecule has 98 valence electrons. The molecule has 0 aliphatic heterocycles. The highest BCUT2D eigenvalue weighted by atomic mass is 35.5. The molecule has 6 heteroatoms. The number of hydrogen-bond acceptors (Lipinski definition) is 2. The van der Waals surface area contributed by atoms with E-state index in [4.69, 9.17) is 17.3 Å². The highest BCUT2D eigenvalue weighted by Crippen LogP contribution is 2.28. The van der Waals surface area contributed by atoms with Crippen molar-refractivity contribution >= 4 is 40.2 Å². The predicted molar refractivity (Wildman–Crippen MR) is 77.0 cm³/mol. The third kappa shape index (κ3) is 2.83. The quantitative estimate of drug-likeness (QED) is 0.841. The molecule has 3 N–H and O–H groups in total. The molecule has 2 rings (SSSR count). The number of hydrogen-bond donors (Lipinski definition) is 2. The summed E-state index contributed by atoms with van der Waals surface area (Å²) in [6.07, 6.45) is 0. The van der Waals surface area contributed by atoms with Crippen molar-refractivity contribution in [2.24, 2.45) is 5.73 Å². The number of rotatable bonds is 3. The van der Waals surface area contributed by atoms with Crippen molar-refractivity contribution in [3.63, 3.8) is 0 Å². The molecule has 0 aromatic heterocycles. The summed E-state index contributed by atoms with van der Waals surface area (Å²) < 4.78 is 27.5. The summed E-state index contributed by atoms with van der Waals surface area (Å²) in [5, 5.41) is 3.12. The molecule has 0 unspecified atom stereocenters. The van der Waals surface area contributed by atoms with Crippen LogP contribution in [-0.2, 0) is 0 Å². The molecule has 2 aromatic carbocycles. The smallest absolute Gasteiger partial charge is 0.182 e. The third-order valence-corrected chi connectivity index (χ3v) is 3.04. The number of anilines is 2. The molecule has 0 heterocycles. The second-order valence-corrected chi connectivity index (χ2v) is 4.60. The van der Waals surface area contributed by atoms with Crippen LogP contribution in [0.15, 0.2) is 36.4 Å². The van der Waals surface area contributed by atoms with Crippen molar-refractivity contribution in [2.75, 3.05) is 5.32 Å². The van der Waals surface area contributed by atoms with E-state index in [-0.39, 0.29) is 16.2 Å². The Morgan fingerprint density at radius 3 is 2.37 bits per heavy atom. The van der Waals surface area contributed by atoms with Gasteiger partial charge in [-0.25, -0.2) is 8.78 Å². The van der Waals surface area contributed by atoms with Crippen LogP contribution in [0.25, 0.3) is 0 Å². The average Bonchev–Trinajstić information content (AvgIpc) is 2.37. The second kappa shape index (κ2) is 5.50. The Kier molecular flexibility index (Phi) is 3.97. The lowest BCUT2D eigenvalue weighted by Crippen LogP contribution is -2.13. The summed E-state index contributed by atoms with van der Waals surface area (Å²) in [5.41, 5.74) is 5.61. The lowest BCUT2D eigenvalue weighted by atomic mass is 10.1. The summed E-state index contributed by atoms with van der Waals surface area (Å²) in [5.74, 6) is -2.13. The minimum Gasteiger partial charge on any atom is -0.389 e. The molecule has 0 spiro atoms. The Hall–Kier alpha value is -1.72. The Balaban J connectivity index is 2.40. The minimum absolute atomic E-state index is 0.0365. The van der Waals surface area contributed by atoms with Gasteiger partial charge < -0.3 is 11.1 Å². The van der Waals surface area contributed by atoms with Crippen molar-refractivity contribution in [1.29, 1.82) is 0 Å². The van der Waals surface area contributed by atoms with Gasteiger partial charge in [0.25, 0.3) is 0 Å². The van der Waals surface area contributed by atoms with Crippen LogP contribution in [0.3, 0.4) is 0 Å². The van der Waals surface area contributed by atoms with E-state index in [1.165, 1.54) is 12.1 Å². The number of thiocarbonyl (C=S) groups is 1. The van der Waals surface area contributed by atoms with Gasteiger partial charge in [-0.3, -0.25) is 0 Å². The van der Waals surface area contributed by atoms with Crippen molar-refractivity contribution in [1.82, 2.24) is 0 Å². The number of nitrogens with one attached hydrogen (secondary N) is 1. The maximum absolute atomic E-state index is 13.8. The van der Waals surface area contributed by atoms with Gasteiger partial charge in [0.1, 0.15) is 4.99 Å². The summed E-state index contributed by atoms with van der Waals surface area (Å²) >= 11 is 10.6. The topological polar surface area (TPSA) is 38.0 Å². The molecule has 0 bridgehead atoms. The van der Waals surface area contributed by atoms with Crippen LogP contribution in [0, 0.1) is 11.6 Å². The van der Waals surface area contributed by atoms with Gasteiger partial charge in [0, 0.05) is 5.56 Å². The van der Waals surface area contributed by atoms with Crippen LogP contribution in [0.2, 0.25) is 5.02 Å². The van der Waals surface area contributed by atoms with Crippen molar-refractivity contribution in [3.8, 4) is 0 Å². The predicted octanol–water partition coefficient (Wildman–Crippen LogP) is 4.00. The third-order valence-electron chi connectivity index (χ3n) is 2.49. The first-order valence-corrected chi connectivity index (χ1v) is 6.08. The average molecular weight is 299 g/mol. The molecule has 0 aliphatic carbocycles. The van der Waals surface area contributed by atoms with Gasteiger partial charge in [-0.2, -0.15) is 0 Å². The highest BCUT2D eigenvalue weighted by Gasteiger charge is 2.15. The Morgan fingerprint density at radius 2 is 1.74 bits per heavy atom. The van der Waals surface area contributed by atoms with Crippen LogP contribution in [0.4, 0.5) is 20.2 Å². The van der Waals surface area contributed by atoms with E-state index in [9.17, 15) is 8.78 Å². The highest BCUT2D eigenvalue weighted by molar-refractivity contribution is 7.80. The van der Waals surface area contributed by atoms with Crippen LogP contribution < -0.4 is 11.1 Å². The first kappa shape index (κ1) is 13.7. The molecule has 19 heavy (non-hydrogen) atoms. The number of para-hydroxylation sites is 1. The first-order chi connectivity index (χ1) is 9.00. The normalized spacial score (nSPS) is 10.3. The standard InChI is InChI=1S/C13H9ClF2N2S/c14-8-3-1-2-4-9(8)18-10-6-5-7(13(17)19)11(15)12(10)16/h1-6,18H,(H2,17,19). The molecule has 0 radical (unpaired) electrons. The number of benzene rings is 2. The number of halogens is 3. The maximum atomic E-state index is 13.8. The van der Waals surface area contributed by atoms with Gasteiger partial charge in [0.2, 0.25) is 0 Å². The first-order valence-electron chi connectivity index (χ1n) is 5.30. The monoisotopic (exact) mass is 298 g/mol. The SMILES string of the molecule is NC(=S)c1ccc(Nc2ccccc2Cl)c(F)c1F. The fourth-order valence-electron chi connectivity index (χ4n) is 1.54. The van der Waals surface area contributed by atoms with Crippen LogP contribution in [0.5, 0.6) is 0 Å². The zero-order chi connectivity index (χ0) is 14.0. The molecular weight excluding hydrogens is 290 g/mol. The summed E-state index contributed by atoms with van der Waals surface area (Å²) in [6.45, 7) is 0. The molecule has 2 nitrogen and oxygen atoms in total. The summed E-state index contributed by atoms with van der Waals surface area (Å²) in [7, 11) is 0. The Bertz CT molecular complexity index is 647. The molecule has 0 saturated carbocycles. The lowest BCUT2D eigenvalue weighted by molar-refractivity contribution is 0.510. The van der Waals surface area contributed by atoms with Gasteiger partial charge >= 0.3 is 0 Å². The van der Waals surface area contributed by atoms with Gasteiger partial charge in [-0.1, -0.05) is 36.0 Å². The largest absolute Gasteiger partial charge is 0.389 e. The van der Waals surface area contributed by atoms with E-state index in [0.29, 0.717) is 10.7 Å². The van der Waals surface area contributed by atoms with Gasteiger partial charge in [0.05, 0.1) is 16.4 Å². The van der Waals surface area contributed by atoms with Crippen molar-refractivity contribution in [3.05, 3.63) is 58.6 Å². The van der Waals surface area contributed by atoms with E-state index in [0.717, 1.165) is 0 Å². The van der Waals surface area contributed by atoms with Gasteiger partial charge in [-0.05, 0) is 24.3 Å². The van der Waals surface area contributed by atoms with E-state index in [1.807, 2.05) is 0 Å². The van der Waals surface area contributed by atoms with Crippen LogP contribution in [0.1, 0.15) is 5.56 Å². The van der Waals surface area contributed by atoms with Crippen LogP contribution in [-0.4, -0.2) is 4.99 Å². The zero-order valence-electron chi connectivity index (χ0n) is 9.58. The van der Waals surface area contributed by atoms with Gasteiger partial charge in [-0.15, -0.1) is 0 Å². The lowest BCUT2D eigenvalue weighted by Gasteiger charge is -2.11. The van der Waals surface area contributed by atoms with E-state index in [2.05, 4.69) is 17.5 Å². The molecule has 0 atom stereocenters. The molecule has 0 amide bonds. The van der Waals surface area contributed by atoms with Crippen LogP contribution >= 0.6 is 23.8 Å². The molecule has 0 saturated heterocycles. The van der Waals surface area contributed by atoms with Gasteiger partial charge in [0.15, 0.2) is 11.6 Å². The van der Waals surface area contributed by atoms with E-state index >= 15 is 0 Å². The van der Waals surface area contributed by atoms with E-state index < -0.39 is 11.6 Å².